The highest BCUT2D eigenvalue weighted by Crippen LogP contribution is 2.34. The topological polar surface area (TPSA) is 77.2 Å². The first kappa shape index (κ1) is 21.1. The monoisotopic (exact) mass is 433 g/mol. The summed E-state index contributed by atoms with van der Waals surface area (Å²) in [5.74, 6) is 0.812. The van der Waals surface area contributed by atoms with Gasteiger partial charge in [-0.15, -0.1) is 0 Å². The molecular formula is C21H21Cl2N3O3. The second kappa shape index (κ2) is 9.29. The van der Waals surface area contributed by atoms with Gasteiger partial charge in [-0.2, -0.15) is 4.98 Å². The van der Waals surface area contributed by atoms with Crippen LogP contribution in [0.15, 0.2) is 47.0 Å². The molecule has 1 aromatic heterocycles. The summed E-state index contributed by atoms with van der Waals surface area (Å²) in [6, 6.07) is 12.1. The zero-order valence-electron chi connectivity index (χ0n) is 16.3. The summed E-state index contributed by atoms with van der Waals surface area (Å²) >= 11 is 12.4. The largest absolute Gasteiger partial charge is 0.491 e. The number of hydrogen-bond acceptors (Lipinski definition) is 5. The average Bonchev–Trinajstić information content (AvgIpc) is 3.18. The number of rotatable bonds is 7. The average molecular weight is 434 g/mol. The third-order valence-corrected chi connectivity index (χ3v) is 4.80. The second-order valence-electron chi connectivity index (χ2n) is 6.72. The van der Waals surface area contributed by atoms with Crippen molar-refractivity contribution in [3.8, 4) is 17.1 Å². The molecule has 29 heavy (non-hydrogen) atoms. The van der Waals surface area contributed by atoms with Gasteiger partial charge >= 0.3 is 0 Å². The van der Waals surface area contributed by atoms with Gasteiger partial charge in [0, 0.05) is 11.1 Å². The third-order valence-electron chi connectivity index (χ3n) is 4.24. The molecule has 152 valence electrons. The van der Waals surface area contributed by atoms with E-state index in [4.69, 9.17) is 32.5 Å². The number of ether oxygens (including phenoxy) is 1. The Labute approximate surface area is 179 Å². The molecule has 0 fully saturated rings. The molecule has 0 radical (unpaired) electrons. The van der Waals surface area contributed by atoms with Crippen LogP contribution in [0, 0.1) is 5.92 Å². The minimum Gasteiger partial charge on any atom is -0.491 e. The summed E-state index contributed by atoms with van der Waals surface area (Å²) < 4.78 is 10.8. The molecule has 3 rings (SSSR count). The highest BCUT2D eigenvalue weighted by molar-refractivity contribution is 6.37. The highest BCUT2D eigenvalue weighted by Gasteiger charge is 2.26. The van der Waals surface area contributed by atoms with Gasteiger partial charge in [-0.25, -0.2) is 0 Å². The fraction of sp³-hybridized carbons (Fsp3) is 0.286. The van der Waals surface area contributed by atoms with Gasteiger partial charge in [-0.05, 0) is 25.0 Å². The van der Waals surface area contributed by atoms with Gasteiger partial charge < -0.3 is 14.6 Å². The fourth-order valence-corrected chi connectivity index (χ4v) is 3.37. The number of nitrogens with one attached hydrogen (secondary N) is 1. The molecule has 0 unspecified atom stereocenters. The molecule has 6 nitrogen and oxygen atoms in total. The lowest BCUT2D eigenvalue weighted by Crippen LogP contribution is -2.32. The highest BCUT2D eigenvalue weighted by atomic mass is 35.5. The standard InChI is InChI=1S/C21H21Cl2N3O3/c1-4-28-18-15(22)10-14(11-16(18)23)20(27)24-17(12(2)3)21-25-19(26-29-21)13-8-6-5-7-9-13/h5-12,17H,4H2,1-3H3,(H,24,27)/t17-/m0/s1. The first-order valence-corrected chi connectivity index (χ1v) is 9.98. The molecule has 3 aromatic rings. The van der Waals surface area contributed by atoms with E-state index in [9.17, 15) is 4.79 Å². The Balaban J connectivity index is 1.83. The van der Waals surface area contributed by atoms with Gasteiger partial charge in [0.25, 0.3) is 5.91 Å². The summed E-state index contributed by atoms with van der Waals surface area (Å²) in [7, 11) is 0. The SMILES string of the molecule is CCOc1c(Cl)cc(C(=O)N[C@H](c2nc(-c3ccccc3)no2)C(C)C)cc1Cl. The Morgan fingerprint density at radius 3 is 2.41 bits per heavy atom. The van der Waals surface area contributed by atoms with Gasteiger partial charge in [0.05, 0.1) is 16.7 Å². The van der Waals surface area contributed by atoms with Crippen molar-refractivity contribution >= 4 is 29.1 Å². The number of carbonyl (C=O) groups excluding carboxylic acids is 1. The zero-order chi connectivity index (χ0) is 21.0. The van der Waals surface area contributed by atoms with E-state index in [1.54, 1.807) is 0 Å². The molecule has 0 aliphatic heterocycles. The van der Waals surface area contributed by atoms with Crippen LogP contribution in [0.25, 0.3) is 11.4 Å². The first-order valence-electron chi connectivity index (χ1n) is 9.22. The van der Waals surface area contributed by atoms with Crippen LogP contribution in [-0.4, -0.2) is 22.7 Å². The molecular weight excluding hydrogens is 413 g/mol. The van der Waals surface area contributed by atoms with Crippen LogP contribution >= 0.6 is 23.2 Å². The predicted octanol–water partition coefficient (Wildman–Crippen LogP) is 5.57. The summed E-state index contributed by atoms with van der Waals surface area (Å²) in [6.45, 7) is 6.15. The summed E-state index contributed by atoms with van der Waals surface area (Å²) in [5.41, 5.74) is 1.15. The van der Waals surface area contributed by atoms with Crippen LogP contribution in [0.2, 0.25) is 10.0 Å². The Kier molecular flexibility index (Phi) is 6.77. The smallest absolute Gasteiger partial charge is 0.252 e. The Morgan fingerprint density at radius 1 is 1.17 bits per heavy atom. The van der Waals surface area contributed by atoms with Crippen molar-refractivity contribution in [2.24, 2.45) is 5.92 Å². The molecule has 1 atom stereocenters. The molecule has 0 saturated heterocycles. The van der Waals surface area contributed by atoms with Crippen LogP contribution in [0.5, 0.6) is 5.75 Å². The van der Waals surface area contributed by atoms with E-state index < -0.39 is 6.04 Å². The van der Waals surface area contributed by atoms with E-state index in [1.165, 1.54) is 12.1 Å². The lowest BCUT2D eigenvalue weighted by Gasteiger charge is -2.19. The summed E-state index contributed by atoms with van der Waals surface area (Å²) in [5, 5.41) is 7.51. The van der Waals surface area contributed by atoms with E-state index >= 15 is 0 Å². The Morgan fingerprint density at radius 2 is 1.83 bits per heavy atom. The van der Waals surface area contributed by atoms with Crippen LogP contribution in [0.1, 0.15) is 43.1 Å². The van der Waals surface area contributed by atoms with Crippen molar-refractivity contribution in [3.05, 3.63) is 64.0 Å². The van der Waals surface area contributed by atoms with Crippen molar-refractivity contribution in [3.63, 3.8) is 0 Å². The van der Waals surface area contributed by atoms with Crippen molar-refractivity contribution in [2.45, 2.75) is 26.8 Å². The maximum absolute atomic E-state index is 12.8. The molecule has 0 saturated carbocycles. The Bertz CT molecular complexity index is 967. The number of halogens is 2. The summed E-state index contributed by atoms with van der Waals surface area (Å²) in [6.07, 6.45) is 0. The number of benzene rings is 2. The molecule has 1 amide bonds. The molecule has 0 spiro atoms. The van der Waals surface area contributed by atoms with Crippen LogP contribution in [-0.2, 0) is 0 Å². The molecule has 8 heteroatoms. The minimum absolute atomic E-state index is 0.0108. The van der Waals surface area contributed by atoms with Crippen molar-refractivity contribution < 1.29 is 14.1 Å². The summed E-state index contributed by atoms with van der Waals surface area (Å²) in [4.78, 5) is 17.3. The van der Waals surface area contributed by atoms with E-state index in [-0.39, 0.29) is 21.9 Å². The van der Waals surface area contributed by atoms with E-state index in [2.05, 4.69) is 15.5 Å². The lowest BCUT2D eigenvalue weighted by atomic mass is 10.0. The maximum atomic E-state index is 12.8. The molecule has 0 aliphatic rings. The van der Waals surface area contributed by atoms with Crippen LogP contribution < -0.4 is 10.1 Å². The maximum Gasteiger partial charge on any atom is 0.252 e. The number of hydrogen-bond donors (Lipinski definition) is 1. The number of carbonyl (C=O) groups is 1. The van der Waals surface area contributed by atoms with E-state index in [0.717, 1.165) is 5.56 Å². The lowest BCUT2D eigenvalue weighted by molar-refractivity contribution is 0.0914. The van der Waals surface area contributed by atoms with Crippen molar-refractivity contribution in [2.75, 3.05) is 6.61 Å². The van der Waals surface area contributed by atoms with Gasteiger partial charge in [0.2, 0.25) is 11.7 Å². The number of aromatic nitrogens is 2. The van der Waals surface area contributed by atoms with Crippen LogP contribution in [0.3, 0.4) is 0 Å². The number of nitrogens with zero attached hydrogens (tertiary/aromatic N) is 2. The molecule has 2 aromatic carbocycles. The first-order chi connectivity index (χ1) is 13.9. The second-order valence-corrected chi connectivity index (χ2v) is 7.53. The quantitative estimate of drug-likeness (QED) is 0.526. The van der Waals surface area contributed by atoms with Gasteiger partial charge in [0.15, 0.2) is 5.75 Å². The fourth-order valence-electron chi connectivity index (χ4n) is 2.78. The van der Waals surface area contributed by atoms with E-state index in [0.29, 0.717) is 29.6 Å². The van der Waals surface area contributed by atoms with Gasteiger partial charge in [-0.3, -0.25) is 4.79 Å². The molecule has 1 N–H and O–H groups in total. The molecule has 0 bridgehead atoms. The van der Waals surface area contributed by atoms with Gasteiger partial charge in [0.1, 0.15) is 6.04 Å². The van der Waals surface area contributed by atoms with Crippen LogP contribution in [0.4, 0.5) is 0 Å². The van der Waals surface area contributed by atoms with E-state index in [1.807, 2.05) is 51.1 Å². The predicted molar refractivity (Wildman–Crippen MR) is 112 cm³/mol. The number of amides is 1. The minimum atomic E-state index is -0.475. The van der Waals surface area contributed by atoms with Crippen molar-refractivity contribution in [1.29, 1.82) is 0 Å². The molecule has 1 heterocycles. The normalized spacial score (nSPS) is 12.1. The van der Waals surface area contributed by atoms with Gasteiger partial charge in [-0.1, -0.05) is 72.5 Å². The zero-order valence-corrected chi connectivity index (χ0v) is 17.8. The Hall–Kier alpha value is -2.57. The van der Waals surface area contributed by atoms with Crippen molar-refractivity contribution in [1.82, 2.24) is 15.5 Å². The third kappa shape index (κ3) is 4.89. The molecule has 0 aliphatic carbocycles.